The van der Waals surface area contributed by atoms with Crippen LogP contribution in [0.5, 0.6) is 0 Å². The second-order valence-corrected chi connectivity index (χ2v) is 5.01. The van der Waals surface area contributed by atoms with Gasteiger partial charge in [-0.2, -0.15) is 0 Å². The first-order valence-corrected chi connectivity index (χ1v) is 6.37. The van der Waals surface area contributed by atoms with Crippen molar-refractivity contribution in [3.8, 4) is 0 Å². The Morgan fingerprint density at radius 3 is 2.68 bits per heavy atom. The van der Waals surface area contributed by atoms with Gasteiger partial charge in [-0.25, -0.2) is 4.39 Å². The molecule has 0 aromatic heterocycles. The third-order valence-electron chi connectivity index (χ3n) is 3.74. The second-order valence-electron chi connectivity index (χ2n) is 5.01. The zero-order chi connectivity index (χ0) is 13.4. The van der Waals surface area contributed by atoms with Gasteiger partial charge in [0, 0.05) is 18.8 Å². The van der Waals surface area contributed by atoms with Crippen LogP contribution in [0.2, 0.25) is 0 Å². The van der Waals surface area contributed by atoms with Crippen molar-refractivity contribution < 1.29 is 9.18 Å². The van der Waals surface area contributed by atoms with Crippen molar-refractivity contribution in [1.29, 1.82) is 0 Å². The SMILES string of the molecule is NC(=O)[C@@H]1CCN(c2ccc3cc(F)ccc3c2)C1. The number of fused-ring (bicyclic) bond motifs is 1. The molecule has 1 atom stereocenters. The van der Waals surface area contributed by atoms with Crippen LogP contribution in [-0.2, 0) is 4.79 Å². The first-order valence-electron chi connectivity index (χ1n) is 6.37. The second kappa shape index (κ2) is 4.53. The Balaban J connectivity index is 1.90. The molecule has 98 valence electrons. The van der Waals surface area contributed by atoms with Crippen molar-refractivity contribution >= 4 is 22.4 Å². The molecular formula is C15H15FN2O. The molecule has 19 heavy (non-hydrogen) atoms. The molecule has 1 aliphatic heterocycles. The number of hydrogen-bond donors (Lipinski definition) is 1. The lowest BCUT2D eigenvalue weighted by molar-refractivity contribution is -0.121. The standard InChI is InChI=1S/C15H15FN2O/c16-13-3-1-11-8-14(4-2-10(11)7-13)18-6-5-12(9-18)15(17)19/h1-4,7-8,12H,5-6,9H2,(H2,17,19)/t12-/m1/s1. The number of hydrogen-bond acceptors (Lipinski definition) is 2. The van der Waals surface area contributed by atoms with E-state index in [1.54, 1.807) is 6.07 Å². The first kappa shape index (κ1) is 12.0. The molecule has 0 bridgehead atoms. The van der Waals surface area contributed by atoms with Gasteiger partial charge < -0.3 is 10.6 Å². The number of carbonyl (C=O) groups is 1. The Kier molecular flexibility index (Phi) is 2.85. The minimum Gasteiger partial charge on any atom is -0.371 e. The molecule has 2 N–H and O–H groups in total. The fraction of sp³-hybridized carbons (Fsp3) is 0.267. The molecule has 4 heteroatoms. The summed E-state index contributed by atoms with van der Waals surface area (Å²) in [5.74, 6) is -0.524. The summed E-state index contributed by atoms with van der Waals surface area (Å²) in [5, 5.41) is 1.89. The molecule has 1 fully saturated rings. The third kappa shape index (κ3) is 2.26. The highest BCUT2D eigenvalue weighted by molar-refractivity contribution is 5.86. The van der Waals surface area contributed by atoms with Crippen molar-refractivity contribution in [1.82, 2.24) is 0 Å². The van der Waals surface area contributed by atoms with Crippen LogP contribution in [0.3, 0.4) is 0 Å². The maximum atomic E-state index is 13.1. The monoisotopic (exact) mass is 258 g/mol. The van der Waals surface area contributed by atoms with Gasteiger partial charge in [-0.05, 0) is 41.5 Å². The molecule has 2 aromatic carbocycles. The van der Waals surface area contributed by atoms with Crippen LogP contribution >= 0.6 is 0 Å². The number of nitrogens with two attached hydrogens (primary N) is 1. The number of anilines is 1. The van der Waals surface area contributed by atoms with E-state index in [0.29, 0.717) is 6.54 Å². The molecular weight excluding hydrogens is 243 g/mol. The Hall–Kier alpha value is -2.10. The van der Waals surface area contributed by atoms with E-state index < -0.39 is 0 Å². The van der Waals surface area contributed by atoms with Gasteiger partial charge >= 0.3 is 0 Å². The predicted molar refractivity (Wildman–Crippen MR) is 73.4 cm³/mol. The largest absolute Gasteiger partial charge is 0.371 e. The van der Waals surface area contributed by atoms with Gasteiger partial charge in [0.15, 0.2) is 0 Å². The van der Waals surface area contributed by atoms with Crippen LogP contribution in [0, 0.1) is 11.7 Å². The number of halogens is 1. The number of primary amides is 1. The summed E-state index contributed by atoms with van der Waals surface area (Å²) in [6.07, 6.45) is 0.802. The molecule has 1 heterocycles. The van der Waals surface area contributed by atoms with E-state index in [2.05, 4.69) is 4.90 Å². The van der Waals surface area contributed by atoms with Crippen LogP contribution in [0.25, 0.3) is 10.8 Å². The summed E-state index contributed by atoms with van der Waals surface area (Å²) in [6.45, 7) is 1.50. The lowest BCUT2D eigenvalue weighted by Crippen LogP contribution is -2.27. The number of nitrogens with zero attached hydrogens (tertiary/aromatic N) is 1. The molecule has 0 unspecified atom stereocenters. The molecule has 0 spiro atoms. The van der Waals surface area contributed by atoms with E-state index in [-0.39, 0.29) is 17.6 Å². The third-order valence-corrected chi connectivity index (χ3v) is 3.74. The van der Waals surface area contributed by atoms with Crippen LogP contribution in [0.1, 0.15) is 6.42 Å². The lowest BCUT2D eigenvalue weighted by atomic mass is 10.1. The average Bonchev–Trinajstić information content (AvgIpc) is 2.88. The van der Waals surface area contributed by atoms with Gasteiger partial charge in [0.1, 0.15) is 5.82 Å². The Labute approximate surface area is 110 Å². The molecule has 3 nitrogen and oxygen atoms in total. The van der Waals surface area contributed by atoms with Gasteiger partial charge in [0.2, 0.25) is 5.91 Å². The van der Waals surface area contributed by atoms with E-state index in [9.17, 15) is 9.18 Å². The summed E-state index contributed by atoms with van der Waals surface area (Å²) >= 11 is 0. The Bertz CT molecular complexity index is 641. The van der Waals surface area contributed by atoms with Crippen molar-refractivity contribution in [3.63, 3.8) is 0 Å². The maximum absolute atomic E-state index is 13.1. The van der Waals surface area contributed by atoms with E-state index in [4.69, 9.17) is 5.73 Å². The van der Waals surface area contributed by atoms with Gasteiger partial charge in [0.05, 0.1) is 5.92 Å². The summed E-state index contributed by atoms with van der Waals surface area (Å²) in [4.78, 5) is 13.3. The highest BCUT2D eigenvalue weighted by Crippen LogP contribution is 2.27. The highest BCUT2D eigenvalue weighted by atomic mass is 19.1. The Morgan fingerprint density at radius 1 is 1.21 bits per heavy atom. The van der Waals surface area contributed by atoms with Gasteiger partial charge in [-0.3, -0.25) is 4.79 Å². The number of benzene rings is 2. The van der Waals surface area contributed by atoms with E-state index in [0.717, 1.165) is 29.4 Å². The van der Waals surface area contributed by atoms with Crippen molar-refractivity contribution in [2.45, 2.75) is 6.42 Å². The van der Waals surface area contributed by atoms with Gasteiger partial charge in [-0.1, -0.05) is 12.1 Å². The first-order chi connectivity index (χ1) is 9.13. The van der Waals surface area contributed by atoms with E-state index in [1.807, 2.05) is 18.2 Å². The molecule has 1 aliphatic rings. The predicted octanol–water partition coefficient (Wildman–Crippen LogP) is 2.29. The fourth-order valence-corrected chi connectivity index (χ4v) is 2.63. The summed E-state index contributed by atoms with van der Waals surface area (Å²) in [7, 11) is 0. The van der Waals surface area contributed by atoms with Crippen molar-refractivity contribution in [2.75, 3.05) is 18.0 Å². The molecule has 0 saturated carbocycles. The number of carbonyl (C=O) groups excluding carboxylic acids is 1. The van der Waals surface area contributed by atoms with E-state index in [1.165, 1.54) is 12.1 Å². The molecule has 3 rings (SSSR count). The highest BCUT2D eigenvalue weighted by Gasteiger charge is 2.26. The van der Waals surface area contributed by atoms with Crippen LogP contribution in [0.4, 0.5) is 10.1 Å². The summed E-state index contributed by atoms with van der Waals surface area (Å²) in [6, 6.07) is 10.7. The topological polar surface area (TPSA) is 46.3 Å². The molecule has 0 radical (unpaired) electrons. The van der Waals surface area contributed by atoms with Crippen molar-refractivity contribution in [2.24, 2.45) is 11.7 Å². The van der Waals surface area contributed by atoms with Gasteiger partial charge in [-0.15, -0.1) is 0 Å². The minimum atomic E-state index is -0.231. The summed E-state index contributed by atoms with van der Waals surface area (Å²) in [5.41, 5.74) is 6.40. The molecule has 0 aliphatic carbocycles. The molecule has 1 saturated heterocycles. The quantitative estimate of drug-likeness (QED) is 0.898. The number of rotatable bonds is 2. The average molecular weight is 258 g/mol. The normalized spacial score (nSPS) is 19.0. The molecule has 1 amide bonds. The van der Waals surface area contributed by atoms with Crippen LogP contribution < -0.4 is 10.6 Å². The Morgan fingerprint density at radius 2 is 1.95 bits per heavy atom. The van der Waals surface area contributed by atoms with Crippen molar-refractivity contribution in [3.05, 3.63) is 42.2 Å². The summed E-state index contributed by atoms with van der Waals surface area (Å²) < 4.78 is 13.1. The van der Waals surface area contributed by atoms with Gasteiger partial charge in [0.25, 0.3) is 0 Å². The van der Waals surface area contributed by atoms with Crippen LogP contribution in [-0.4, -0.2) is 19.0 Å². The smallest absolute Gasteiger partial charge is 0.222 e. The minimum absolute atomic E-state index is 0.0658. The maximum Gasteiger partial charge on any atom is 0.222 e. The molecule has 2 aromatic rings. The number of amides is 1. The van der Waals surface area contributed by atoms with Crippen LogP contribution in [0.15, 0.2) is 36.4 Å². The lowest BCUT2D eigenvalue weighted by Gasteiger charge is -2.18. The van der Waals surface area contributed by atoms with E-state index >= 15 is 0 Å². The zero-order valence-corrected chi connectivity index (χ0v) is 10.5. The zero-order valence-electron chi connectivity index (χ0n) is 10.5. The fourth-order valence-electron chi connectivity index (χ4n) is 2.63.